The molecule has 142 valence electrons. The van der Waals surface area contributed by atoms with Gasteiger partial charge in [0.15, 0.2) is 0 Å². The van der Waals surface area contributed by atoms with Crippen LogP contribution in [-0.2, 0) is 21.2 Å². The largest absolute Gasteiger partial charge is 0.352 e. The van der Waals surface area contributed by atoms with Gasteiger partial charge in [-0.05, 0) is 17.9 Å². The number of nitrogens with one attached hydrogen (secondary N) is 1. The van der Waals surface area contributed by atoms with Crippen LogP contribution in [0.25, 0.3) is 0 Å². The van der Waals surface area contributed by atoms with Crippen molar-refractivity contribution in [1.82, 2.24) is 10.2 Å². The van der Waals surface area contributed by atoms with E-state index in [0.29, 0.717) is 5.92 Å². The SMILES string of the molecule is CCC[C@H]1CN(Cc2ccccc2)C[C@@H]1NC(=O)CCS(C)(=O)=O.Cl. The fourth-order valence-corrected chi connectivity index (χ4v) is 3.87. The molecule has 0 aromatic heterocycles. The standard InChI is InChI=1S/C18H28N2O3S.ClH/c1-3-7-16-13-20(12-15-8-5-4-6-9-15)14-17(16)19-18(21)10-11-24(2,22)23;/h4-6,8-9,16-17H,3,7,10-14H2,1-2H3,(H,19,21);1H/t16-,17-;/m0./s1. The van der Waals surface area contributed by atoms with Gasteiger partial charge in [0.1, 0.15) is 9.84 Å². The Labute approximate surface area is 157 Å². The molecule has 0 saturated carbocycles. The quantitative estimate of drug-likeness (QED) is 0.741. The molecule has 1 saturated heterocycles. The van der Waals surface area contributed by atoms with Crippen molar-refractivity contribution in [2.24, 2.45) is 5.92 Å². The second-order valence-electron chi connectivity index (χ2n) is 6.78. The number of nitrogens with zero attached hydrogens (tertiary/aromatic N) is 1. The Hall–Kier alpha value is -1.11. The highest BCUT2D eigenvalue weighted by atomic mass is 35.5. The molecule has 0 radical (unpaired) electrons. The molecule has 1 aromatic rings. The zero-order valence-corrected chi connectivity index (χ0v) is 16.6. The van der Waals surface area contributed by atoms with Crippen LogP contribution in [0, 0.1) is 5.92 Å². The van der Waals surface area contributed by atoms with Gasteiger partial charge in [0.05, 0.1) is 5.75 Å². The van der Waals surface area contributed by atoms with Gasteiger partial charge in [-0.2, -0.15) is 0 Å². The highest BCUT2D eigenvalue weighted by Crippen LogP contribution is 2.23. The van der Waals surface area contributed by atoms with Gasteiger partial charge in [0.25, 0.3) is 0 Å². The summed E-state index contributed by atoms with van der Waals surface area (Å²) in [6.07, 6.45) is 3.37. The van der Waals surface area contributed by atoms with Crippen molar-refractivity contribution in [3.63, 3.8) is 0 Å². The van der Waals surface area contributed by atoms with E-state index in [4.69, 9.17) is 0 Å². The maximum absolute atomic E-state index is 12.1. The van der Waals surface area contributed by atoms with E-state index in [-0.39, 0.29) is 36.5 Å². The highest BCUT2D eigenvalue weighted by Gasteiger charge is 2.32. The van der Waals surface area contributed by atoms with Crippen LogP contribution < -0.4 is 5.32 Å². The predicted octanol–water partition coefficient (Wildman–Crippen LogP) is 2.26. The third-order valence-corrected chi connectivity index (χ3v) is 5.42. The number of hydrogen-bond acceptors (Lipinski definition) is 4. The Morgan fingerprint density at radius 2 is 1.92 bits per heavy atom. The van der Waals surface area contributed by atoms with Crippen LogP contribution in [0.2, 0.25) is 0 Å². The van der Waals surface area contributed by atoms with Gasteiger partial charge >= 0.3 is 0 Å². The fourth-order valence-electron chi connectivity index (χ4n) is 3.32. The molecule has 1 aliphatic heterocycles. The van der Waals surface area contributed by atoms with E-state index in [9.17, 15) is 13.2 Å². The lowest BCUT2D eigenvalue weighted by Crippen LogP contribution is -2.41. The van der Waals surface area contributed by atoms with Crippen LogP contribution in [0.4, 0.5) is 0 Å². The first-order valence-electron chi connectivity index (χ1n) is 8.60. The number of hydrogen-bond donors (Lipinski definition) is 1. The monoisotopic (exact) mass is 388 g/mol. The Morgan fingerprint density at radius 3 is 2.52 bits per heavy atom. The lowest BCUT2D eigenvalue weighted by atomic mass is 9.98. The molecule has 5 nitrogen and oxygen atoms in total. The normalized spacial score (nSPS) is 20.9. The number of sulfone groups is 1. The van der Waals surface area contributed by atoms with Crippen LogP contribution in [0.5, 0.6) is 0 Å². The van der Waals surface area contributed by atoms with Crippen molar-refractivity contribution >= 4 is 28.2 Å². The summed E-state index contributed by atoms with van der Waals surface area (Å²) in [4.78, 5) is 14.4. The van der Waals surface area contributed by atoms with Crippen LogP contribution >= 0.6 is 12.4 Å². The fraction of sp³-hybridized carbons (Fsp3) is 0.611. The van der Waals surface area contributed by atoms with Crippen molar-refractivity contribution in [2.75, 3.05) is 25.1 Å². The molecule has 0 spiro atoms. The van der Waals surface area contributed by atoms with Gasteiger partial charge in [-0.3, -0.25) is 9.69 Å². The zero-order valence-electron chi connectivity index (χ0n) is 15.0. The number of benzene rings is 1. The molecule has 1 N–H and O–H groups in total. The van der Waals surface area contributed by atoms with E-state index in [0.717, 1.165) is 38.7 Å². The first-order valence-corrected chi connectivity index (χ1v) is 10.7. The minimum Gasteiger partial charge on any atom is -0.352 e. The van der Waals surface area contributed by atoms with E-state index in [2.05, 4.69) is 29.3 Å². The molecule has 2 rings (SSSR count). The van der Waals surface area contributed by atoms with Crippen LogP contribution in [0.15, 0.2) is 30.3 Å². The molecule has 7 heteroatoms. The predicted molar refractivity (Wildman–Crippen MR) is 104 cm³/mol. The molecule has 0 aliphatic carbocycles. The number of rotatable bonds is 8. The Bertz CT molecular complexity index is 637. The summed E-state index contributed by atoms with van der Waals surface area (Å²) in [5, 5.41) is 3.06. The van der Waals surface area contributed by atoms with Crippen molar-refractivity contribution in [3.05, 3.63) is 35.9 Å². The van der Waals surface area contributed by atoms with Gasteiger partial charge in [-0.25, -0.2) is 8.42 Å². The van der Waals surface area contributed by atoms with Crippen molar-refractivity contribution in [1.29, 1.82) is 0 Å². The van der Waals surface area contributed by atoms with Crippen molar-refractivity contribution in [2.45, 2.75) is 38.8 Å². The number of amides is 1. The molecule has 1 aliphatic rings. The minimum atomic E-state index is -3.10. The second kappa shape index (κ2) is 10.1. The molecule has 1 amide bonds. The topological polar surface area (TPSA) is 66.5 Å². The maximum atomic E-state index is 12.1. The number of carbonyl (C=O) groups excluding carboxylic acids is 1. The summed E-state index contributed by atoms with van der Waals surface area (Å²) in [5.74, 6) is 0.187. The van der Waals surface area contributed by atoms with Crippen molar-refractivity contribution in [3.8, 4) is 0 Å². The molecule has 1 heterocycles. The van der Waals surface area contributed by atoms with Gasteiger partial charge in [0.2, 0.25) is 5.91 Å². The van der Waals surface area contributed by atoms with E-state index in [1.54, 1.807) is 0 Å². The second-order valence-corrected chi connectivity index (χ2v) is 9.04. The highest BCUT2D eigenvalue weighted by molar-refractivity contribution is 7.90. The van der Waals surface area contributed by atoms with E-state index in [1.165, 1.54) is 5.56 Å². The molecular formula is C18H29ClN2O3S. The zero-order chi connectivity index (χ0) is 17.6. The van der Waals surface area contributed by atoms with Gasteiger partial charge in [-0.1, -0.05) is 43.7 Å². The van der Waals surface area contributed by atoms with E-state index >= 15 is 0 Å². The van der Waals surface area contributed by atoms with Crippen LogP contribution in [-0.4, -0.2) is 50.4 Å². The van der Waals surface area contributed by atoms with Gasteiger partial charge in [-0.15, -0.1) is 12.4 Å². The van der Waals surface area contributed by atoms with Crippen LogP contribution in [0.1, 0.15) is 31.7 Å². The third-order valence-electron chi connectivity index (χ3n) is 4.47. The van der Waals surface area contributed by atoms with Gasteiger partial charge < -0.3 is 5.32 Å². The molecular weight excluding hydrogens is 360 g/mol. The lowest BCUT2D eigenvalue weighted by Gasteiger charge is -2.19. The third kappa shape index (κ3) is 7.75. The van der Waals surface area contributed by atoms with E-state index in [1.807, 2.05) is 18.2 Å². The Morgan fingerprint density at radius 1 is 1.24 bits per heavy atom. The summed E-state index contributed by atoms with van der Waals surface area (Å²) < 4.78 is 22.4. The number of likely N-dealkylation sites (tertiary alicyclic amines) is 1. The summed E-state index contributed by atoms with van der Waals surface area (Å²) in [7, 11) is -3.10. The Balaban J connectivity index is 0.00000312. The average Bonchev–Trinajstić information content (AvgIpc) is 2.87. The molecule has 2 atom stereocenters. The van der Waals surface area contributed by atoms with Crippen molar-refractivity contribution < 1.29 is 13.2 Å². The molecule has 1 aromatic carbocycles. The smallest absolute Gasteiger partial charge is 0.221 e. The summed E-state index contributed by atoms with van der Waals surface area (Å²) in [6, 6.07) is 10.4. The number of carbonyl (C=O) groups is 1. The van der Waals surface area contributed by atoms with Crippen LogP contribution in [0.3, 0.4) is 0 Å². The molecule has 0 unspecified atom stereocenters. The summed E-state index contributed by atoms with van der Waals surface area (Å²) in [5.41, 5.74) is 1.27. The maximum Gasteiger partial charge on any atom is 0.221 e. The first kappa shape index (κ1) is 21.9. The average molecular weight is 389 g/mol. The number of halogens is 1. The molecule has 1 fully saturated rings. The summed E-state index contributed by atoms with van der Waals surface area (Å²) >= 11 is 0. The lowest BCUT2D eigenvalue weighted by molar-refractivity contribution is -0.121. The minimum absolute atomic E-state index is 0. The van der Waals surface area contributed by atoms with E-state index < -0.39 is 9.84 Å². The van der Waals surface area contributed by atoms with Gasteiger partial charge in [0, 0.05) is 38.4 Å². The molecule has 0 bridgehead atoms. The first-order chi connectivity index (χ1) is 11.4. The Kier molecular flexibility index (Phi) is 8.89. The molecule has 25 heavy (non-hydrogen) atoms. The summed E-state index contributed by atoms with van der Waals surface area (Å²) in [6.45, 7) is 4.84.